The molecule has 6 nitrogen and oxygen atoms in total. The van der Waals surface area contributed by atoms with Gasteiger partial charge in [-0.05, 0) is 17.2 Å². The van der Waals surface area contributed by atoms with Crippen LogP contribution in [-0.2, 0) is 14.3 Å². The maximum Gasteiger partial charge on any atom is 0.276 e. The number of hydrazine groups is 1. The van der Waals surface area contributed by atoms with Gasteiger partial charge in [0.1, 0.15) is 5.75 Å². The molecule has 1 atom stereocenters. The largest absolute Gasteiger partial charge is 0.483 e. The van der Waals surface area contributed by atoms with Gasteiger partial charge in [-0.3, -0.25) is 20.4 Å². The van der Waals surface area contributed by atoms with Crippen LogP contribution in [-0.4, -0.2) is 25.5 Å². The number of methoxy groups -OCH3 is 1. The molecule has 3 rings (SSSR count). The van der Waals surface area contributed by atoms with Crippen LogP contribution in [0.15, 0.2) is 84.9 Å². The lowest BCUT2D eigenvalue weighted by molar-refractivity contribution is -0.136. The Morgan fingerprint density at radius 1 is 0.828 bits per heavy atom. The minimum atomic E-state index is -0.823. The molecular formula is C23H22N2O4. The minimum Gasteiger partial charge on any atom is -0.483 e. The second kappa shape index (κ2) is 10.1. The Labute approximate surface area is 169 Å². The number of benzene rings is 3. The van der Waals surface area contributed by atoms with Gasteiger partial charge < -0.3 is 9.47 Å². The fraction of sp³-hybridized carbons (Fsp3) is 0.130. The molecule has 0 aliphatic rings. The molecule has 0 aliphatic carbocycles. The van der Waals surface area contributed by atoms with Crippen molar-refractivity contribution >= 4 is 11.8 Å². The van der Waals surface area contributed by atoms with Crippen molar-refractivity contribution in [1.82, 2.24) is 10.9 Å². The van der Waals surface area contributed by atoms with E-state index in [1.54, 1.807) is 18.2 Å². The number of carbonyl (C=O) groups is 2. The van der Waals surface area contributed by atoms with E-state index in [0.29, 0.717) is 11.3 Å². The molecule has 0 fully saturated rings. The molecule has 29 heavy (non-hydrogen) atoms. The van der Waals surface area contributed by atoms with Gasteiger partial charge in [0.05, 0.1) is 0 Å². The maximum atomic E-state index is 12.3. The molecule has 3 aromatic carbocycles. The van der Waals surface area contributed by atoms with Gasteiger partial charge in [0.25, 0.3) is 11.8 Å². The molecule has 0 spiro atoms. The third kappa shape index (κ3) is 5.43. The van der Waals surface area contributed by atoms with Crippen LogP contribution in [0.25, 0.3) is 11.1 Å². The Balaban J connectivity index is 1.55. The summed E-state index contributed by atoms with van der Waals surface area (Å²) in [6.07, 6.45) is -0.823. The highest BCUT2D eigenvalue weighted by molar-refractivity contribution is 5.86. The Hall–Kier alpha value is -3.64. The SMILES string of the molecule is COC(C(=O)NNC(=O)COc1ccccc1-c1ccccc1)c1ccccc1. The molecule has 2 N–H and O–H groups in total. The quantitative estimate of drug-likeness (QED) is 0.607. The predicted molar refractivity (Wildman–Crippen MR) is 110 cm³/mol. The van der Waals surface area contributed by atoms with E-state index in [2.05, 4.69) is 10.9 Å². The molecule has 0 radical (unpaired) electrons. The Kier molecular flexibility index (Phi) is 6.97. The summed E-state index contributed by atoms with van der Waals surface area (Å²) in [6, 6.07) is 26.2. The Morgan fingerprint density at radius 2 is 1.45 bits per heavy atom. The highest BCUT2D eigenvalue weighted by Crippen LogP contribution is 2.29. The zero-order valence-electron chi connectivity index (χ0n) is 16.0. The third-order valence-corrected chi connectivity index (χ3v) is 4.23. The van der Waals surface area contributed by atoms with E-state index < -0.39 is 17.9 Å². The first-order valence-corrected chi connectivity index (χ1v) is 9.12. The summed E-state index contributed by atoms with van der Waals surface area (Å²) in [7, 11) is 1.43. The van der Waals surface area contributed by atoms with Crippen LogP contribution in [0.2, 0.25) is 0 Å². The Morgan fingerprint density at radius 3 is 2.14 bits per heavy atom. The van der Waals surface area contributed by atoms with Crippen molar-refractivity contribution in [3.05, 3.63) is 90.5 Å². The minimum absolute atomic E-state index is 0.243. The number of amides is 2. The van der Waals surface area contributed by atoms with E-state index in [1.165, 1.54) is 7.11 Å². The van der Waals surface area contributed by atoms with Gasteiger partial charge in [0, 0.05) is 12.7 Å². The van der Waals surface area contributed by atoms with E-state index in [4.69, 9.17) is 9.47 Å². The normalized spacial score (nSPS) is 11.3. The molecule has 2 amide bonds. The lowest BCUT2D eigenvalue weighted by Gasteiger charge is -2.16. The van der Waals surface area contributed by atoms with E-state index >= 15 is 0 Å². The van der Waals surface area contributed by atoms with Gasteiger partial charge in [-0.25, -0.2) is 0 Å². The molecule has 0 saturated heterocycles. The monoisotopic (exact) mass is 390 g/mol. The molecule has 0 aliphatic heterocycles. The molecule has 1 unspecified atom stereocenters. The summed E-state index contributed by atoms with van der Waals surface area (Å²) >= 11 is 0. The summed E-state index contributed by atoms with van der Waals surface area (Å²) in [5.41, 5.74) is 7.28. The highest BCUT2D eigenvalue weighted by atomic mass is 16.5. The zero-order valence-corrected chi connectivity index (χ0v) is 16.0. The van der Waals surface area contributed by atoms with Crippen molar-refractivity contribution < 1.29 is 19.1 Å². The van der Waals surface area contributed by atoms with Crippen molar-refractivity contribution in [1.29, 1.82) is 0 Å². The van der Waals surface area contributed by atoms with Gasteiger partial charge in [-0.2, -0.15) is 0 Å². The molecule has 0 heterocycles. The lowest BCUT2D eigenvalue weighted by atomic mass is 10.1. The number of para-hydroxylation sites is 1. The molecule has 6 heteroatoms. The number of ether oxygens (including phenoxy) is 2. The molecule has 148 valence electrons. The second-order valence-electron chi connectivity index (χ2n) is 6.21. The average molecular weight is 390 g/mol. The lowest BCUT2D eigenvalue weighted by Crippen LogP contribution is -2.46. The van der Waals surface area contributed by atoms with Crippen LogP contribution < -0.4 is 15.6 Å². The van der Waals surface area contributed by atoms with Crippen molar-refractivity contribution in [2.45, 2.75) is 6.10 Å². The fourth-order valence-electron chi connectivity index (χ4n) is 2.85. The number of hydrogen-bond donors (Lipinski definition) is 2. The van der Waals surface area contributed by atoms with E-state index in [1.807, 2.05) is 66.7 Å². The van der Waals surface area contributed by atoms with Crippen LogP contribution in [0.3, 0.4) is 0 Å². The van der Waals surface area contributed by atoms with Gasteiger partial charge in [0.15, 0.2) is 12.7 Å². The predicted octanol–water partition coefficient (Wildman–Crippen LogP) is 3.27. The number of hydrogen-bond acceptors (Lipinski definition) is 4. The smallest absolute Gasteiger partial charge is 0.276 e. The van der Waals surface area contributed by atoms with Crippen LogP contribution in [0, 0.1) is 0 Å². The molecule has 3 aromatic rings. The second-order valence-corrected chi connectivity index (χ2v) is 6.21. The van der Waals surface area contributed by atoms with Gasteiger partial charge >= 0.3 is 0 Å². The standard InChI is InChI=1S/C23H22N2O4/c1-28-22(18-12-6-3-7-13-18)23(27)25-24-21(26)16-29-20-15-9-8-14-19(20)17-10-4-2-5-11-17/h2-15,22H,16H2,1H3,(H,24,26)(H,25,27). The van der Waals surface area contributed by atoms with E-state index in [-0.39, 0.29) is 6.61 Å². The molecule has 0 saturated carbocycles. The first-order valence-electron chi connectivity index (χ1n) is 9.12. The summed E-state index contributed by atoms with van der Waals surface area (Å²) in [4.78, 5) is 24.4. The Bertz CT molecular complexity index is 945. The first-order chi connectivity index (χ1) is 14.2. The van der Waals surface area contributed by atoms with Crippen LogP contribution >= 0.6 is 0 Å². The van der Waals surface area contributed by atoms with Crippen molar-refractivity contribution in [3.63, 3.8) is 0 Å². The first kappa shape index (κ1) is 20.1. The number of carbonyl (C=O) groups excluding carboxylic acids is 2. The van der Waals surface area contributed by atoms with E-state index in [9.17, 15) is 9.59 Å². The fourth-order valence-corrected chi connectivity index (χ4v) is 2.85. The summed E-state index contributed by atoms with van der Waals surface area (Å²) in [5, 5.41) is 0. The van der Waals surface area contributed by atoms with Gasteiger partial charge in [0.2, 0.25) is 0 Å². The third-order valence-electron chi connectivity index (χ3n) is 4.23. The van der Waals surface area contributed by atoms with Crippen LogP contribution in [0.1, 0.15) is 11.7 Å². The number of nitrogens with one attached hydrogen (secondary N) is 2. The van der Waals surface area contributed by atoms with Crippen LogP contribution in [0.4, 0.5) is 0 Å². The molecular weight excluding hydrogens is 368 g/mol. The van der Waals surface area contributed by atoms with Gasteiger partial charge in [-0.1, -0.05) is 78.9 Å². The van der Waals surface area contributed by atoms with Gasteiger partial charge in [-0.15, -0.1) is 0 Å². The van der Waals surface area contributed by atoms with Crippen molar-refractivity contribution in [2.24, 2.45) is 0 Å². The summed E-state index contributed by atoms with van der Waals surface area (Å²) < 4.78 is 10.9. The van der Waals surface area contributed by atoms with Crippen molar-refractivity contribution in [2.75, 3.05) is 13.7 Å². The molecule has 0 bridgehead atoms. The number of rotatable bonds is 7. The maximum absolute atomic E-state index is 12.3. The van der Waals surface area contributed by atoms with Crippen LogP contribution in [0.5, 0.6) is 5.75 Å². The van der Waals surface area contributed by atoms with E-state index in [0.717, 1.165) is 11.1 Å². The molecule has 0 aromatic heterocycles. The summed E-state index contributed by atoms with van der Waals surface area (Å²) in [6.45, 7) is -0.243. The topological polar surface area (TPSA) is 76.7 Å². The highest BCUT2D eigenvalue weighted by Gasteiger charge is 2.20. The average Bonchev–Trinajstić information content (AvgIpc) is 2.78. The van der Waals surface area contributed by atoms with Crippen molar-refractivity contribution in [3.8, 4) is 16.9 Å². The zero-order chi connectivity index (χ0) is 20.5. The summed E-state index contributed by atoms with van der Waals surface area (Å²) in [5.74, 6) is -0.375.